The number of aromatic nitrogens is 3. The summed E-state index contributed by atoms with van der Waals surface area (Å²) in [5.41, 5.74) is 2.53. The second-order valence-corrected chi connectivity index (χ2v) is 6.23. The number of carbonyl (C=O) groups excluding carboxylic acids is 1. The van der Waals surface area contributed by atoms with Crippen molar-refractivity contribution < 1.29 is 4.79 Å². The first-order valence-corrected chi connectivity index (χ1v) is 7.71. The van der Waals surface area contributed by atoms with E-state index >= 15 is 0 Å². The predicted octanol–water partition coefficient (Wildman–Crippen LogP) is 3.41. The summed E-state index contributed by atoms with van der Waals surface area (Å²) < 4.78 is 1.66. The van der Waals surface area contributed by atoms with Gasteiger partial charge in [-0.25, -0.2) is 4.98 Å². The molecule has 2 aromatic heterocycles. The third-order valence-corrected chi connectivity index (χ3v) is 4.20. The number of thiazole rings is 1. The van der Waals surface area contributed by atoms with Crippen molar-refractivity contribution in [2.45, 2.75) is 13.8 Å². The van der Waals surface area contributed by atoms with Gasteiger partial charge in [0.1, 0.15) is 10.7 Å². The zero-order chi connectivity index (χ0) is 15.7. The van der Waals surface area contributed by atoms with Gasteiger partial charge >= 0.3 is 0 Å². The lowest BCUT2D eigenvalue weighted by Gasteiger charge is -2.05. The summed E-state index contributed by atoms with van der Waals surface area (Å²) in [4.78, 5) is 17.7. The van der Waals surface area contributed by atoms with Crippen molar-refractivity contribution in [3.63, 3.8) is 0 Å². The Labute approximate surface area is 132 Å². The number of nitrogens with zero attached hydrogens (tertiary/aromatic N) is 3. The number of benzene rings is 1. The van der Waals surface area contributed by atoms with Crippen molar-refractivity contribution in [3.05, 3.63) is 52.0 Å². The molecule has 22 heavy (non-hydrogen) atoms. The van der Waals surface area contributed by atoms with Crippen molar-refractivity contribution in [2.75, 3.05) is 5.32 Å². The van der Waals surface area contributed by atoms with Crippen LogP contribution in [-0.2, 0) is 7.05 Å². The Bertz CT molecular complexity index is 820. The van der Waals surface area contributed by atoms with Crippen LogP contribution in [0.25, 0.3) is 11.3 Å². The van der Waals surface area contributed by atoms with Crippen LogP contribution in [0.3, 0.4) is 0 Å². The van der Waals surface area contributed by atoms with E-state index in [1.165, 1.54) is 11.3 Å². The summed E-state index contributed by atoms with van der Waals surface area (Å²) >= 11 is 1.40. The quantitative estimate of drug-likeness (QED) is 0.806. The van der Waals surface area contributed by atoms with Gasteiger partial charge in [-0.2, -0.15) is 5.10 Å². The average molecular weight is 312 g/mol. The number of hydrogen-bond donors (Lipinski definition) is 1. The van der Waals surface area contributed by atoms with Crippen molar-refractivity contribution >= 4 is 23.1 Å². The van der Waals surface area contributed by atoms with Crippen LogP contribution in [0, 0.1) is 13.8 Å². The number of anilines is 1. The van der Waals surface area contributed by atoms with E-state index in [9.17, 15) is 4.79 Å². The van der Waals surface area contributed by atoms with Crippen LogP contribution in [0.4, 0.5) is 5.82 Å². The third-order valence-electron chi connectivity index (χ3n) is 3.23. The summed E-state index contributed by atoms with van der Waals surface area (Å²) in [5.74, 6) is 0.514. The Morgan fingerprint density at radius 2 is 1.95 bits per heavy atom. The molecule has 0 unspecified atom stereocenters. The maximum atomic E-state index is 12.6. The molecule has 3 aromatic rings. The normalized spacial score (nSPS) is 10.7. The van der Waals surface area contributed by atoms with E-state index in [0.29, 0.717) is 10.7 Å². The zero-order valence-electron chi connectivity index (χ0n) is 12.6. The molecule has 0 spiro atoms. The van der Waals surface area contributed by atoms with Gasteiger partial charge in [0.15, 0.2) is 0 Å². The van der Waals surface area contributed by atoms with Gasteiger partial charge in [-0.15, -0.1) is 11.3 Å². The van der Waals surface area contributed by atoms with Gasteiger partial charge in [0, 0.05) is 18.7 Å². The lowest BCUT2D eigenvalue weighted by atomic mass is 10.1. The topological polar surface area (TPSA) is 59.8 Å². The van der Waals surface area contributed by atoms with E-state index in [2.05, 4.69) is 15.4 Å². The Kier molecular flexibility index (Phi) is 3.77. The van der Waals surface area contributed by atoms with E-state index in [-0.39, 0.29) is 5.91 Å². The Morgan fingerprint density at radius 3 is 2.59 bits per heavy atom. The fourth-order valence-electron chi connectivity index (χ4n) is 2.27. The molecule has 2 heterocycles. The molecule has 1 aromatic carbocycles. The second kappa shape index (κ2) is 5.73. The zero-order valence-corrected chi connectivity index (χ0v) is 13.4. The average Bonchev–Trinajstić information content (AvgIpc) is 3.03. The molecule has 0 atom stereocenters. The standard InChI is InChI=1S/C16H16N4OS/c1-10-9-13(20(3)19-10)18-16(21)15-14(17-11(2)22-15)12-7-5-4-6-8-12/h4-9H,1-3H3,(H,18,21). The number of hydrogen-bond acceptors (Lipinski definition) is 4. The Hall–Kier alpha value is -2.47. The first-order valence-electron chi connectivity index (χ1n) is 6.89. The summed E-state index contributed by atoms with van der Waals surface area (Å²) in [6.07, 6.45) is 0. The minimum absolute atomic E-state index is 0.160. The molecule has 5 nitrogen and oxygen atoms in total. The molecule has 0 fully saturated rings. The smallest absolute Gasteiger partial charge is 0.269 e. The van der Waals surface area contributed by atoms with Crippen LogP contribution >= 0.6 is 11.3 Å². The molecular weight excluding hydrogens is 296 g/mol. The number of carbonyl (C=O) groups is 1. The van der Waals surface area contributed by atoms with E-state index in [1.807, 2.05) is 50.2 Å². The lowest BCUT2D eigenvalue weighted by molar-refractivity contribution is 0.103. The highest BCUT2D eigenvalue weighted by Gasteiger charge is 2.19. The van der Waals surface area contributed by atoms with E-state index in [4.69, 9.17) is 0 Å². The summed E-state index contributed by atoms with van der Waals surface area (Å²) in [5, 5.41) is 8.00. The van der Waals surface area contributed by atoms with Crippen LogP contribution in [0.5, 0.6) is 0 Å². The minimum Gasteiger partial charge on any atom is -0.306 e. The van der Waals surface area contributed by atoms with Crippen molar-refractivity contribution in [1.82, 2.24) is 14.8 Å². The molecule has 3 rings (SSSR count). The maximum absolute atomic E-state index is 12.6. The Balaban J connectivity index is 1.95. The molecule has 0 saturated carbocycles. The van der Waals surface area contributed by atoms with Crippen LogP contribution in [0.15, 0.2) is 36.4 Å². The first kappa shape index (κ1) is 14.5. The van der Waals surface area contributed by atoms with Crippen LogP contribution in [-0.4, -0.2) is 20.7 Å². The van der Waals surface area contributed by atoms with E-state index in [0.717, 1.165) is 22.0 Å². The van der Waals surface area contributed by atoms with Gasteiger partial charge in [0.25, 0.3) is 5.91 Å². The van der Waals surface area contributed by atoms with Gasteiger partial charge in [0.2, 0.25) is 0 Å². The van der Waals surface area contributed by atoms with Crippen LogP contribution in [0.2, 0.25) is 0 Å². The first-order chi connectivity index (χ1) is 10.5. The summed E-state index contributed by atoms with van der Waals surface area (Å²) in [6.45, 7) is 3.80. The molecule has 0 aliphatic rings. The van der Waals surface area contributed by atoms with E-state index in [1.54, 1.807) is 11.7 Å². The molecule has 0 saturated heterocycles. The van der Waals surface area contributed by atoms with Gasteiger partial charge in [-0.05, 0) is 13.8 Å². The number of nitrogens with one attached hydrogen (secondary N) is 1. The highest BCUT2D eigenvalue weighted by molar-refractivity contribution is 7.14. The van der Waals surface area contributed by atoms with Gasteiger partial charge in [-0.3, -0.25) is 9.48 Å². The summed E-state index contributed by atoms with van der Waals surface area (Å²) in [7, 11) is 1.80. The van der Waals surface area contributed by atoms with Crippen LogP contribution < -0.4 is 5.32 Å². The monoisotopic (exact) mass is 312 g/mol. The molecule has 1 N–H and O–H groups in total. The van der Waals surface area contributed by atoms with Crippen molar-refractivity contribution in [2.24, 2.45) is 7.05 Å². The lowest BCUT2D eigenvalue weighted by Crippen LogP contribution is -2.14. The number of aryl methyl sites for hydroxylation is 3. The fraction of sp³-hybridized carbons (Fsp3) is 0.188. The molecule has 0 radical (unpaired) electrons. The second-order valence-electron chi connectivity index (χ2n) is 5.03. The van der Waals surface area contributed by atoms with E-state index < -0.39 is 0 Å². The molecule has 0 aliphatic heterocycles. The minimum atomic E-state index is -0.160. The maximum Gasteiger partial charge on any atom is 0.269 e. The van der Waals surface area contributed by atoms with Crippen LogP contribution in [0.1, 0.15) is 20.4 Å². The van der Waals surface area contributed by atoms with Crippen molar-refractivity contribution in [3.8, 4) is 11.3 Å². The van der Waals surface area contributed by atoms with Crippen molar-refractivity contribution in [1.29, 1.82) is 0 Å². The molecule has 1 amide bonds. The SMILES string of the molecule is Cc1cc(NC(=O)c2sc(C)nc2-c2ccccc2)n(C)n1. The Morgan fingerprint density at radius 1 is 1.23 bits per heavy atom. The molecular formula is C16H16N4OS. The molecule has 0 aliphatic carbocycles. The summed E-state index contributed by atoms with van der Waals surface area (Å²) in [6, 6.07) is 11.6. The van der Waals surface area contributed by atoms with Gasteiger partial charge < -0.3 is 5.32 Å². The number of amides is 1. The van der Waals surface area contributed by atoms with Gasteiger partial charge in [-0.1, -0.05) is 30.3 Å². The predicted molar refractivity (Wildman–Crippen MR) is 88.2 cm³/mol. The number of rotatable bonds is 3. The third kappa shape index (κ3) is 2.78. The largest absolute Gasteiger partial charge is 0.306 e. The molecule has 6 heteroatoms. The highest BCUT2D eigenvalue weighted by atomic mass is 32.1. The molecule has 0 bridgehead atoms. The fourth-order valence-corrected chi connectivity index (χ4v) is 3.11. The highest BCUT2D eigenvalue weighted by Crippen LogP contribution is 2.28. The molecule has 112 valence electrons. The van der Waals surface area contributed by atoms with Gasteiger partial charge in [0.05, 0.1) is 16.4 Å².